The zero-order valence-corrected chi connectivity index (χ0v) is 18.4. The van der Waals surface area contributed by atoms with Crippen LogP contribution in [0.1, 0.15) is 32.9 Å². The topological polar surface area (TPSA) is 141 Å². The summed E-state index contributed by atoms with van der Waals surface area (Å²) >= 11 is 6.22. The summed E-state index contributed by atoms with van der Waals surface area (Å²) in [7, 11) is -3.88. The molecule has 1 atom stereocenters. The van der Waals surface area contributed by atoms with Gasteiger partial charge in [0.05, 0.1) is 19.8 Å². The van der Waals surface area contributed by atoms with Crippen molar-refractivity contribution in [1.29, 1.82) is 0 Å². The number of aliphatic imine (C=N–C) groups is 1. The van der Waals surface area contributed by atoms with Crippen LogP contribution in [-0.2, 0) is 33.7 Å². The molecule has 1 aromatic heterocycles. The fourth-order valence-electron chi connectivity index (χ4n) is 2.78. The van der Waals surface area contributed by atoms with Gasteiger partial charge in [-0.2, -0.15) is 4.98 Å². The Morgan fingerprint density at radius 1 is 1.13 bits per heavy atom. The first-order valence-corrected chi connectivity index (χ1v) is 11.1. The smallest absolute Gasteiger partial charge is 0.344 e. The van der Waals surface area contributed by atoms with Gasteiger partial charge in [0.15, 0.2) is 5.15 Å². The number of carbonyl (C=O) groups is 2. The van der Waals surface area contributed by atoms with Gasteiger partial charge < -0.3 is 19.1 Å². The third-order valence-electron chi connectivity index (χ3n) is 3.82. The van der Waals surface area contributed by atoms with E-state index in [-0.39, 0.29) is 47.6 Å². The second-order valence-corrected chi connectivity index (χ2v) is 8.09. The molecule has 13 heteroatoms. The van der Waals surface area contributed by atoms with Gasteiger partial charge in [0.2, 0.25) is 24.5 Å². The zero-order chi connectivity index (χ0) is 22.2. The third kappa shape index (κ3) is 4.76. The van der Waals surface area contributed by atoms with Crippen LogP contribution in [-0.4, -0.2) is 48.8 Å². The van der Waals surface area contributed by atoms with Crippen LogP contribution >= 0.6 is 19.2 Å². The molecule has 30 heavy (non-hydrogen) atoms. The van der Waals surface area contributed by atoms with Crippen LogP contribution in [0.5, 0.6) is 0 Å². The zero-order valence-electron chi connectivity index (χ0n) is 16.8. The van der Waals surface area contributed by atoms with Crippen molar-refractivity contribution in [3.8, 4) is 0 Å². The molecule has 1 aliphatic rings. The first-order valence-electron chi connectivity index (χ1n) is 9.20. The van der Waals surface area contributed by atoms with Crippen molar-refractivity contribution in [2.45, 2.75) is 32.9 Å². The summed E-state index contributed by atoms with van der Waals surface area (Å²) in [6.07, 6.45) is 4.16. The van der Waals surface area contributed by atoms with E-state index in [2.05, 4.69) is 25.6 Å². The minimum absolute atomic E-state index is 0.0243. The van der Waals surface area contributed by atoms with E-state index in [1.165, 1.54) is 12.3 Å². The molecule has 0 radical (unpaired) electrons. The lowest BCUT2D eigenvalue weighted by atomic mass is 10.1. The highest BCUT2D eigenvalue weighted by Crippen LogP contribution is 2.64. The largest absolute Gasteiger partial charge is 0.362 e. The van der Waals surface area contributed by atoms with Gasteiger partial charge in [0.25, 0.3) is 0 Å². The number of hydrogen-bond acceptors (Lipinski definition) is 9. The van der Waals surface area contributed by atoms with Gasteiger partial charge in [-0.3, -0.25) is 19.5 Å². The van der Waals surface area contributed by atoms with Crippen LogP contribution in [0.15, 0.2) is 16.4 Å². The molecule has 164 valence electrons. The molecule has 0 aromatic carbocycles. The molecule has 0 saturated heterocycles. The van der Waals surface area contributed by atoms with Crippen LogP contribution < -0.4 is 10.6 Å². The molecule has 1 aromatic rings. The van der Waals surface area contributed by atoms with E-state index in [1.807, 2.05) is 6.92 Å². The van der Waals surface area contributed by atoms with Gasteiger partial charge in [0, 0.05) is 6.21 Å². The summed E-state index contributed by atoms with van der Waals surface area (Å²) in [6, 6.07) is 0. The molecule has 2 amide bonds. The Hall–Kier alpha value is -2.17. The Bertz CT molecular complexity index is 886. The van der Waals surface area contributed by atoms with E-state index in [1.54, 1.807) is 13.8 Å². The van der Waals surface area contributed by atoms with Crippen LogP contribution in [0.25, 0.3) is 0 Å². The molecule has 0 fully saturated rings. The number of allylic oxidation sites excluding steroid dienone is 1. The fraction of sp³-hybridized carbons (Fsp3) is 0.471. The number of anilines is 2. The van der Waals surface area contributed by atoms with Crippen molar-refractivity contribution < 1.29 is 27.9 Å². The minimum Gasteiger partial charge on any atom is -0.344 e. The van der Waals surface area contributed by atoms with Gasteiger partial charge >= 0.3 is 7.60 Å². The molecular weight excluding hydrogens is 437 g/mol. The number of amides is 2. The summed E-state index contributed by atoms with van der Waals surface area (Å²) in [5, 5.41) is 4.60. The van der Waals surface area contributed by atoms with Crippen molar-refractivity contribution in [2.24, 2.45) is 4.99 Å². The van der Waals surface area contributed by atoms with Crippen molar-refractivity contribution in [3.63, 3.8) is 0 Å². The number of rotatable bonds is 13. The molecule has 1 aliphatic heterocycles. The Labute approximate surface area is 178 Å². The molecule has 11 nitrogen and oxygen atoms in total. The predicted molar refractivity (Wildman–Crippen MR) is 112 cm³/mol. The molecule has 0 aliphatic carbocycles. The van der Waals surface area contributed by atoms with Crippen LogP contribution in [0.4, 0.5) is 11.6 Å². The van der Waals surface area contributed by atoms with Crippen molar-refractivity contribution in [1.82, 2.24) is 9.97 Å². The Morgan fingerprint density at radius 3 is 2.37 bits per heavy atom. The second-order valence-electron chi connectivity index (χ2n) is 5.74. The highest BCUT2D eigenvalue weighted by atomic mass is 35.5. The fourth-order valence-corrected chi connectivity index (χ4v) is 4.88. The van der Waals surface area contributed by atoms with Crippen LogP contribution in [0, 0.1) is 0 Å². The van der Waals surface area contributed by atoms with Crippen molar-refractivity contribution in [3.05, 3.63) is 22.2 Å². The molecule has 2 N–H and O–H groups in total. The monoisotopic (exact) mass is 459 g/mol. The van der Waals surface area contributed by atoms with E-state index >= 15 is 0 Å². The van der Waals surface area contributed by atoms with E-state index in [4.69, 9.17) is 25.4 Å². The van der Waals surface area contributed by atoms with Gasteiger partial charge in [-0.1, -0.05) is 18.5 Å². The van der Waals surface area contributed by atoms with Crippen molar-refractivity contribution in [2.75, 3.05) is 30.5 Å². The lowest BCUT2D eigenvalue weighted by Gasteiger charge is -2.33. The number of carbonyl (C=O) groups excluding carboxylic acids is 2. The summed E-state index contributed by atoms with van der Waals surface area (Å²) in [4.78, 5) is 34.7. The van der Waals surface area contributed by atoms with Crippen LogP contribution in [0.3, 0.4) is 0 Å². The Kier molecular flexibility index (Phi) is 8.63. The molecule has 0 bridgehead atoms. The average molecular weight is 460 g/mol. The lowest BCUT2D eigenvalue weighted by Crippen LogP contribution is -2.32. The number of hydrogen-bond donors (Lipinski definition) is 2. The maximum atomic E-state index is 13.6. The summed E-state index contributed by atoms with van der Waals surface area (Å²) in [5.74, 6) is -0.162. The van der Waals surface area contributed by atoms with Gasteiger partial charge in [-0.25, -0.2) is 9.98 Å². The molecule has 1 unspecified atom stereocenters. The third-order valence-corrected chi connectivity index (χ3v) is 6.33. The quantitative estimate of drug-likeness (QED) is 0.260. The number of nitrogens with zero attached hydrogens (tertiary/aromatic N) is 3. The van der Waals surface area contributed by atoms with Gasteiger partial charge in [0.1, 0.15) is 16.7 Å². The Balaban J connectivity index is 2.79. The van der Waals surface area contributed by atoms with E-state index in [0.29, 0.717) is 19.2 Å². The standard InChI is InChI=1S/C17H23ClN5O6P/c1-4-9-27-17(12(7-8-21-17)30(26,28-5-2)29-6-3)14-13(19-10-24)15(18)23-16(22-14)20-11-25/h7-8,10-11H,4-6,9H2,1-3H3,(H,19,24)(H,20,22,23,25). The molecule has 0 spiro atoms. The SMILES string of the molecule is CCCOC1(c2nc(NC=O)nc(Cl)c2NC=O)N=CC=C1P(=O)(OCC)OCC. The predicted octanol–water partition coefficient (Wildman–Crippen LogP) is 3.08. The van der Waals surface area contributed by atoms with E-state index in [0.717, 1.165) is 0 Å². The number of nitrogens with one attached hydrogen (secondary N) is 2. The van der Waals surface area contributed by atoms with Crippen molar-refractivity contribution >= 4 is 49.9 Å². The van der Waals surface area contributed by atoms with Crippen LogP contribution in [0.2, 0.25) is 5.15 Å². The second kappa shape index (κ2) is 10.7. The maximum Gasteiger partial charge on any atom is 0.362 e. The summed E-state index contributed by atoms with van der Waals surface area (Å²) in [5.41, 5.74) is -1.84. The number of ether oxygens (including phenoxy) is 1. The minimum atomic E-state index is -3.88. The first-order chi connectivity index (χ1) is 14.4. The normalized spacial score (nSPS) is 18.2. The summed E-state index contributed by atoms with van der Waals surface area (Å²) < 4.78 is 30.6. The molecule has 2 rings (SSSR count). The average Bonchev–Trinajstić information content (AvgIpc) is 3.14. The molecule has 0 saturated carbocycles. The Morgan fingerprint density at radius 2 is 1.80 bits per heavy atom. The first kappa shape index (κ1) is 24.1. The van der Waals surface area contributed by atoms with E-state index < -0.39 is 13.3 Å². The van der Waals surface area contributed by atoms with Gasteiger partial charge in [-0.15, -0.1) is 0 Å². The molecular formula is C17H23ClN5O6P. The highest BCUT2D eigenvalue weighted by Gasteiger charge is 2.52. The number of halogens is 1. The van der Waals surface area contributed by atoms with Gasteiger partial charge in [-0.05, 0) is 26.3 Å². The van der Waals surface area contributed by atoms with E-state index in [9.17, 15) is 14.2 Å². The molecule has 2 heterocycles. The highest BCUT2D eigenvalue weighted by molar-refractivity contribution is 7.58. The maximum absolute atomic E-state index is 13.6. The lowest BCUT2D eigenvalue weighted by molar-refractivity contribution is -0.106. The summed E-state index contributed by atoms with van der Waals surface area (Å²) in [6.45, 7) is 5.59. The number of aromatic nitrogens is 2.